The molecule has 0 unspecified atom stereocenters. The monoisotopic (exact) mass is 389 g/mol. The highest BCUT2D eigenvalue weighted by Crippen LogP contribution is 2.49. The molecule has 0 saturated carbocycles. The molecule has 1 aromatic heterocycles. The third-order valence-corrected chi connectivity index (χ3v) is 5.47. The third kappa shape index (κ3) is 2.80. The van der Waals surface area contributed by atoms with Crippen LogP contribution >= 0.6 is 34.8 Å². The summed E-state index contributed by atoms with van der Waals surface area (Å²) in [6, 6.07) is 3.44. The van der Waals surface area contributed by atoms with Crippen LogP contribution in [0.15, 0.2) is 12.1 Å². The average molecular weight is 391 g/mol. The molecule has 0 aliphatic carbocycles. The number of likely N-dealkylation sites (N-methyl/N-ethyl adjacent to an activating group) is 1. The molecule has 8 heteroatoms. The van der Waals surface area contributed by atoms with E-state index < -0.39 is 0 Å². The van der Waals surface area contributed by atoms with E-state index in [1.165, 1.54) is 4.57 Å². The molecule has 0 amide bonds. The van der Waals surface area contributed by atoms with Crippen LogP contribution in [0.3, 0.4) is 0 Å². The maximum absolute atomic E-state index is 10.7. The molecule has 2 aromatic rings. The van der Waals surface area contributed by atoms with E-state index in [-0.39, 0.29) is 16.8 Å². The maximum atomic E-state index is 10.7. The quantitative estimate of drug-likeness (QED) is 0.816. The lowest BCUT2D eigenvalue weighted by atomic mass is 10.2. The van der Waals surface area contributed by atoms with E-state index in [9.17, 15) is 10.2 Å². The van der Waals surface area contributed by atoms with Crippen LogP contribution in [0.25, 0.3) is 5.69 Å². The van der Waals surface area contributed by atoms with Crippen LogP contribution in [0.5, 0.6) is 11.8 Å². The Labute approximate surface area is 155 Å². The normalized spacial score (nSPS) is 16.0. The number of hydrogen-bond acceptors (Lipinski definition) is 4. The van der Waals surface area contributed by atoms with Crippen molar-refractivity contribution in [2.75, 3.05) is 38.1 Å². The second-order valence-electron chi connectivity index (χ2n) is 5.96. The van der Waals surface area contributed by atoms with Crippen molar-refractivity contribution in [3.05, 3.63) is 32.8 Å². The molecule has 2 heterocycles. The Kier molecular flexibility index (Phi) is 4.80. The molecule has 0 bridgehead atoms. The molecule has 3 rings (SSSR count). The summed E-state index contributed by atoms with van der Waals surface area (Å²) in [6.45, 7) is 4.90. The number of benzene rings is 1. The molecular formula is C16H18Cl3N3O2. The highest BCUT2D eigenvalue weighted by atomic mass is 35.5. The zero-order valence-electron chi connectivity index (χ0n) is 13.4. The van der Waals surface area contributed by atoms with Crippen molar-refractivity contribution < 1.29 is 10.2 Å². The zero-order valence-corrected chi connectivity index (χ0v) is 15.6. The van der Waals surface area contributed by atoms with Crippen LogP contribution in [0.1, 0.15) is 5.56 Å². The van der Waals surface area contributed by atoms with Gasteiger partial charge in [-0.15, -0.1) is 0 Å². The van der Waals surface area contributed by atoms with Crippen molar-refractivity contribution in [2.24, 2.45) is 0 Å². The van der Waals surface area contributed by atoms with Crippen molar-refractivity contribution in [3.63, 3.8) is 0 Å². The molecule has 0 spiro atoms. The van der Waals surface area contributed by atoms with Crippen molar-refractivity contribution in [3.8, 4) is 17.4 Å². The van der Waals surface area contributed by atoms with Gasteiger partial charge in [0.05, 0.1) is 15.7 Å². The van der Waals surface area contributed by atoms with E-state index in [2.05, 4.69) is 4.90 Å². The fraction of sp³-hybridized carbons (Fsp3) is 0.375. The van der Waals surface area contributed by atoms with Crippen molar-refractivity contribution in [1.29, 1.82) is 0 Å². The fourth-order valence-electron chi connectivity index (χ4n) is 2.88. The largest absolute Gasteiger partial charge is 0.493 e. The molecule has 1 fully saturated rings. The molecule has 5 nitrogen and oxygen atoms in total. The van der Waals surface area contributed by atoms with Gasteiger partial charge in [-0.2, -0.15) is 0 Å². The molecule has 24 heavy (non-hydrogen) atoms. The molecule has 1 saturated heterocycles. The van der Waals surface area contributed by atoms with Gasteiger partial charge in [0.25, 0.3) is 0 Å². The summed E-state index contributed by atoms with van der Waals surface area (Å²) < 4.78 is 1.20. The minimum absolute atomic E-state index is 0.0886. The van der Waals surface area contributed by atoms with E-state index >= 15 is 0 Å². The summed E-state index contributed by atoms with van der Waals surface area (Å²) in [6.07, 6.45) is 0. The first-order valence-corrected chi connectivity index (χ1v) is 8.67. The third-order valence-electron chi connectivity index (χ3n) is 4.34. The first kappa shape index (κ1) is 17.5. The summed E-state index contributed by atoms with van der Waals surface area (Å²) in [5.74, 6) is -0.450. The Morgan fingerprint density at radius 2 is 1.50 bits per heavy atom. The Hall–Kier alpha value is -1.27. The SMILES string of the molecule is Cc1ccc(Cl)c(-n2c(O)c(Cl)c(N3CCN(C)CC3)c2O)c1Cl. The van der Waals surface area contributed by atoms with Crippen LogP contribution in [-0.2, 0) is 0 Å². The maximum Gasteiger partial charge on any atom is 0.224 e. The van der Waals surface area contributed by atoms with Crippen LogP contribution in [-0.4, -0.2) is 52.9 Å². The predicted octanol–water partition coefficient (Wildman–Crippen LogP) is 3.91. The summed E-state index contributed by atoms with van der Waals surface area (Å²) in [7, 11) is 2.04. The first-order valence-electron chi connectivity index (χ1n) is 7.53. The highest BCUT2D eigenvalue weighted by Gasteiger charge is 2.30. The van der Waals surface area contributed by atoms with Gasteiger partial charge in [0.15, 0.2) is 0 Å². The number of halogens is 3. The number of rotatable bonds is 2. The van der Waals surface area contributed by atoms with E-state index in [1.54, 1.807) is 12.1 Å². The van der Waals surface area contributed by atoms with E-state index in [1.807, 2.05) is 18.9 Å². The lowest BCUT2D eigenvalue weighted by Crippen LogP contribution is -2.44. The van der Waals surface area contributed by atoms with Crippen molar-refractivity contribution >= 4 is 40.5 Å². The summed E-state index contributed by atoms with van der Waals surface area (Å²) in [4.78, 5) is 4.14. The van der Waals surface area contributed by atoms with Gasteiger partial charge in [-0.05, 0) is 25.6 Å². The Balaban J connectivity index is 2.15. The van der Waals surface area contributed by atoms with Gasteiger partial charge in [0, 0.05) is 26.2 Å². The smallest absolute Gasteiger partial charge is 0.224 e. The number of aromatic nitrogens is 1. The van der Waals surface area contributed by atoms with Crippen molar-refractivity contribution in [1.82, 2.24) is 9.47 Å². The molecule has 0 atom stereocenters. The van der Waals surface area contributed by atoms with Gasteiger partial charge in [0.1, 0.15) is 10.7 Å². The van der Waals surface area contributed by atoms with Gasteiger partial charge in [-0.3, -0.25) is 0 Å². The topological polar surface area (TPSA) is 51.9 Å². The molecule has 1 aromatic carbocycles. The average Bonchev–Trinajstić information content (AvgIpc) is 2.76. The fourth-order valence-corrected chi connectivity index (χ4v) is 3.71. The van der Waals surface area contributed by atoms with Crippen LogP contribution < -0.4 is 4.90 Å². The van der Waals surface area contributed by atoms with Gasteiger partial charge in [0.2, 0.25) is 11.8 Å². The van der Waals surface area contributed by atoms with Gasteiger partial charge in [-0.25, -0.2) is 4.57 Å². The number of piperazine rings is 1. The molecule has 1 aliphatic heterocycles. The number of hydrogen-bond donors (Lipinski definition) is 2. The highest BCUT2D eigenvalue weighted by molar-refractivity contribution is 6.39. The molecular weight excluding hydrogens is 373 g/mol. The number of aryl methyl sites for hydroxylation is 1. The molecule has 2 N–H and O–H groups in total. The van der Waals surface area contributed by atoms with E-state index in [4.69, 9.17) is 34.8 Å². The predicted molar refractivity (Wildman–Crippen MR) is 98.6 cm³/mol. The first-order chi connectivity index (χ1) is 11.3. The lowest BCUT2D eigenvalue weighted by molar-refractivity contribution is 0.311. The van der Waals surface area contributed by atoms with Gasteiger partial charge >= 0.3 is 0 Å². The number of anilines is 1. The molecule has 1 aliphatic rings. The molecule has 0 radical (unpaired) electrons. The second-order valence-corrected chi connectivity index (χ2v) is 7.13. The van der Waals surface area contributed by atoms with Crippen LogP contribution in [0, 0.1) is 6.92 Å². The Bertz CT molecular complexity index is 784. The summed E-state index contributed by atoms with van der Waals surface area (Å²) >= 11 is 18.9. The van der Waals surface area contributed by atoms with Crippen molar-refractivity contribution in [2.45, 2.75) is 6.92 Å². The lowest BCUT2D eigenvalue weighted by Gasteiger charge is -2.33. The molecule has 130 valence electrons. The Morgan fingerprint density at radius 1 is 0.875 bits per heavy atom. The second kappa shape index (κ2) is 6.56. The summed E-state index contributed by atoms with van der Waals surface area (Å²) in [5, 5.41) is 22.0. The number of nitrogens with zero attached hydrogens (tertiary/aromatic N) is 3. The van der Waals surface area contributed by atoms with Crippen LogP contribution in [0.2, 0.25) is 15.1 Å². The summed E-state index contributed by atoms with van der Waals surface area (Å²) in [5.41, 5.74) is 1.49. The standard InChI is InChI=1S/C16H18Cl3N3O2/c1-9-3-4-10(17)13(11(9)18)22-15(23)12(19)14(16(22)24)21-7-5-20(2)6-8-21/h3-4,23-24H,5-8H2,1-2H3. The zero-order chi connectivity index (χ0) is 17.6. The minimum atomic E-state index is -0.280. The van der Waals surface area contributed by atoms with Gasteiger partial charge in [-0.1, -0.05) is 40.9 Å². The van der Waals surface area contributed by atoms with Crippen LogP contribution in [0.4, 0.5) is 5.69 Å². The Morgan fingerprint density at radius 3 is 2.12 bits per heavy atom. The minimum Gasteiger partial charge on any atom is -0.493 e. The van der Waals surface area contributed by atoms with E-state index in [0.717, 1.165) is 18.7 Å². The van der Waals surface area contributed by atoms with Gasteiger partial charge < -0.3 is 20.0 Å². The number of aromatic hydroxyl groups is 2. The van der Waals surface area contributed by atoms with E-state index in [0.29, 0.717) is 34.5 Å².